The molecule has 94 valence electrons. The van der Waals surface area contributed by atoms with Gasteiger partial charge in [-0.25, -0.2) is 0 Å². The van der Waals surface area contributed by atoms with Crippen molar-refractivity contribution in [2.75, 3.05) is 30.8 Å². The van der Waals surface area contributed by atoms with Gasteiger partial charge < -0.3 is 16.4 Å². The first-order valence-electron chi connectivity index (χ1n) is 5.90. The van der Waals surface area contributed by atoms with Crippen molar-refractivity contribution >= 4 is 17.4 Å². The molecule has 4 N–H and O–H groups in total. The fourth-order valence-electron chi connectivity index (χ4n) is 2.15. The van der Waals surface area contributed by atoms with E-state index in [2.05, 4.69) is 16.9 Å². The fourth-order valence-corrected chi connectivity index (χ4v) is 3.48. The normalized spacial score (nSPS) is 23.5. The number of pyridine rings is 1. The molecule has 2 heterocycles. The Bertz CT molecular complexity index is 371. The van der Waals surface area contributed by atoms with Crippen molar-refractivity contribution in [3.63, 3.8) is 0 Å². The average Bonchev–Trinajstić information content (AvgIpc) is 2.32. The Morgan fingerprint density at radius 1 is 1.65 bits per heavy atom. The van der Waals surface area contributed by atoms with Gasteiger partial charge in [-0.3, -0.25) is 4.98 Å². The molecule has 0 saturated carbocycles. The van der Waals surface area contributed by atoms with E-state index in [4.69, 9.17) is 11.5 Å². The van der Waals surface area contributed by atoms with Gasteiger partial charge in [0.15, 0.2) is 0 Å². The van der Waals surface area contributed by atoms with Crippen LogP contribution in [0.5, 0.6) is 0 Å². The molecule has 1 aliphatic heterocycles. The summed E-state index contributed by atoms with van der Waals surface area (Å²) in [5.41, 5.74) is 14.1. The van der Waals surface area contributed by atoms with Gasteiger partial charge in [0.05, 0.1) is 0 Å². The van der Waals surface area contributed by atoms with Crippen molar-refractivity contribution in [3.05, 3.63) is 24.0 Å². The predicted molar refractivity (Wildman–Crippen MR) is 74.1 cm³/mol. The highest BCUT2D eigenvalue weighted by Crippen LogP contribution is 2.20. The van der Waals surface area contributed by atoms with Gasteiger partial charge in [-0.2, -0.15) is 11.8 Å². The van der Waals surface area contributed by atoms with E-state index < -0.39 is 0 Å². The van der Waals surface area contributed by atoms with Gasteiger partial charge in [-0.15, -0.1) is 0 Å². The van der Waals surface area contributed by atoms with Crippen LogP contribution in [0.15, 0.2) is 18.5 Å². The summed E-state index contributed by atoms with van der Waals surface area (Å²) in [6, 6.07) is 2.40. The molecule has 0 amide bonds. The van der Waals surface area contributed by atoms with Crippen LogP contribution in [0.1, 0.15) is 5.56 Å². The minimum absolute atomic E-state index is 0.124. The molecule has 2 atom stereocenters. The molecule has 1 aliphatic rings. The molecule has 1 fully saturated rings. The average molecular weight is 252 g/mol. The summed E-state index contributed by atoms with van der Waals surface area (Å²) in [4.78, 5) is 6.46. The number of aromatic nitrogens is 1. The van der Waals surface area contributed by atoms with Crippen LogP contribution in [0, 0.1) is 0 Å². The van der Waals surface area contributed by atoms with E-state index in [-0.39, 0.29) is 6.04 Å². The molecule has 2 unspecified atom stereocenters. The Balaban J connectivity index is 2.01. The van der Waals surface area contributed by atoms with Crippen LogP contribution in [-0.4, -0.2) is 47.1 Å². The summed E-state index contributed by atoms with van der Waals surface area (Å²) in [7, 11) is 2.15. The molecule has 17 heavy (non-hydrogen) atoms. The van der Waals surface area contributed by atoms with Crippen LogP contribution in [0.3, 0.4) is 0 Å². The first-order chi connectivity index (χ1) is 8.18. The van der Waals surface area contributed by atoms with E-state index in [1.165, 1.54) is 5.75 Å². The maximum absolute atomic E-state index is 6.30. The lowest BCUT2D eigenvalue weighted by atomic mass is 10.0. The molecular weight excluding hydrogens is 232 g/mol. The van der Waals surface area contributed by atoms with Crippen LogP contribution in [0.2, 0.25) is 0 Å². The van der Waals surface area contributed by atoms with Crippen molar-refractivity contribution < 1.29 is 0 Å². The van der Waals surface area contributed by atoms with Gasteiger partial charge in [0.1, 0.15) is 0 Å². The maximum Gasteiger partial charge on any atom is 0.0378 e. The second-order valence-electron chi connectivity index (χ2n) is 4.57. The van der Waals surface area contributed by atoms with Crippen molar-refractivity contribution in [3.8, 4) is 0 Å². The van der Waals surface area contributed by atoms with Crippen LogP contribution in [0.25, 0.3) is 0 Å². The number of rotatable bonds is 3. The molecule has 0 aromatic carbocycles. The molecule has 4 nitrogen and oxygen atoms in total. The number of hydrogen-bond acceptors (Lipinski definition) is 5. The molecule has 1 saturated heterocycles. The minimum Gasteiger partial charge on any atom is -0.398 e. The second kappa shape index (κ2) is 5.71. The van der Waals surface area contributed by atoms with Crippen molar-refractivity contribution in [1.29, 1.82) is 0 Å². The minimum atomic E-state index is 0.124. The van der Waals surface area contributed by atoms with Crippen LogP contribution >= 0.6 is 11.8 Å². The number of nitrogens with two attached hydrogens (primary N) is 2. The predicted octanol–water partition coefficient (Wildman–Crippen LogP) is 0.581. The van der Waals surface area contributed by atoms with Gasteiger partial charge in [-0.05, 0) is 25.1 Å². The third-order valence-corrected chi connectivity index (χ3v) is 4.38. The highest BCUT2D eigenvalue weighted by Gasteiger charge is 2.25. The van der Waals surface area contributed by atoms with Crippen molar-refractivity contribution in [1.82, 2.24) is 9.88 Å². The zero-order chi connectivity index (χ0) is 12.3. The van der Waals surface area contributed by atoms with Crippen molar-refractivity contribution in [2.45, 2.75) is 18.5 Å². The number of likely N-dealkylation sites (N-methyl/N-ethyl adjacent to an activating group) is 1. The summed E-state index contributed by atoms with van der Waals surface area (Å²) < 4.78 is 0. The Kier molecular flexibility index (Phi) is 4.25. The maximum atomic E-state index is 6.30. The fraction of sp³-hybridized carbons (Fsp3) is 0.583. The SMILES string of the molecule is CN1CCSCC1C(N)Cc1cnccc1N. The summed E-state index contributed by atoms with van der Waals surface area (Å²) in [6.45, 7) is 1.12. The van der Waals surface area contributed by atoms with Crippen LogP contribution in [-0.2, 0) is 6.42 Å². The van der Waals surface area contributed by atoms with E-state index in [0.29, 0.717) is 6.04 Å². The molecule has 0 bridgehead atoms. The molecule has 1 aromatic heterocycles. The third kappa shape index (κ3) is 3.12. The topological polar surface area (TPSA) is 68.2 Å². The Morgan fingerprint density at radius 2 is 2.47 bits per heavy atom. The Labute approximate surface area is 107 Å². The number of nitrogens with zero attached hydrogens (tertiary/aromatic N) is 2. The summed E-state index contributed by atoms with van der Waals surface area (Å²) >= 11 is 1.98. The lowest BCUT2D eigenvalue weighted by molar-refractivity contribution is 0.235. The zero-order valence-electron chi connectivity index (χ0n) is 10.2. The first kappa shape index (κ1) is 12.7. The van der Waals surface area contributed by atoms with Gasteiger partial charge in [0, 0.05) is 48.2 Å². The lowest BCUT2D eigenvalue weighted by Crippen LogP contribution is -2.51. The van der Waals surface area contributed by atoms with E-state index in [0.717, 1.165) is 30.0 Å². The summed E-state index contributed by atoms with van der Waals surface area (Å²) in [5, 5.41) is 0. The van der Waals surface area contributed by atoms with Gasteiger partial charge in [-0.1, -0.05) is 0 Å². The van der Waals surface area contributed by atoms with Gasteiger partial charge in [0.2, 0.25) is 0 Å². The van der Waals surface area contributed by atoms with E-state index >= 15 is 0 Å². The molecule has 5 heteroatoms. The highest BCUT2D eigenvalue weighted by molar-refractivity contribution is 7.99. The number of anilines is 1. The Hall–Kier alpha value is -0.780. The van der Waals surface area contributed by atoms with E-state index in [1.807, 2.05) is 24.0 Å². The monoisotopic (exact) mass is 252 g/mol. The zero-order valence-corrected chi connectivity index (χ0v) is 11.0. The Morgan fingerprint density at radius 3 is 3.18 bits per heavy atom. The van der Waals surface area contributed by atoms with Crippen LogP contribution in [0.4, 0.5) is 5.69 Å². The van der Waals surface area contributed by atoms with Crippen LogP contribution < -0.4 is 11.5 Å². The number of nitrogen functional groups attached to an aromatic ring is 1. The lowest BCUT2D eigenvalue weighted by Gasteiger charge is -2.36. The standard InChI is InChI=1S/C12H20N4S/c1-16-4-5-17-8-12(16)11(14)6-9-7-15-3-2-10(9)13/h2-3,7,11-12H,4-6,8,14H2,1H3,(H2,13,15). The molecule has 0 spiro atoms. The van der Waals surface area contributed by atoms with E-state index in [9.17, 15) is 0 Å². The largest absolute Gasteiger partial charge is 0.398 e. The molecule has 0 aliphatic carbocycles. The number of thioether (sulfide) groups is 1. The quantitative estimate of drug-likeness (QED) is 0.823. The van der Waals surface area contributed by atoms with Gasteiger partial charge >= 0.3 is 0 Å². The van der Waals surface area contributed by atoms with E-state index in [1.54, 1.807) is 6.20 Å². The van der Waals surface area contributed by atoms with Crippen molar-refractivity contribution in [2.24, 2.45) is 5.73 Å². The second-order valence-corrected chi connectivity index (χ2v) is 5.72. The molecule has 0 radical (unpaired) electrons. The first-order valence-corrected chi connectivity index (χ1v) is 7.06. The molecular formula is C12H20N4S. The van der Waals surface area contributed by atoms with Gasteiger partial charge in [0.25, 0.3) is 0 Å². The highest BCUT2D eigenvalue weighted by atomic mass is 32.2. The number of hydrogen-bond donors (Lipinski definition) is 2. The smallest absolute Gasteiger partial charge is 0.0378 e. The molecule has 1 aromatic rings. The summed E-state index contributed by atoms with van der Waals surface area (Å²) in [6.07, 6.45) is 4.34. The summed E-state index contributed by atoms with van der Waals surface area (Å²) in [5.74, 6) is 2.31. The third-order valence-electron chi connectivity index (χ3n) is 3.33. The molecule has 2 rings (SSSR count).